The molecule has 0 unspecified atom stereocenters. The largest absolute Gasteiger partial charge is 0.362 e. The molecule has 7 heteroatoms. The van der Waals surface area contributed by atoms with Crippen molar-refractivity contribution in [2.75, 3.05) is 24.5 Å². The summed E-state index contributed by atoms with van der Waals surface area (Å²) in [6, 6.07) is 15.2. The molecule has 156 valence electrons. The van der Waals surface area contributed by atoms with Gasteiger partial charge in [-0.25, -0.2) is 0 Å². The van der Waals surface area contributed by atoms with Crippen LogP contribution in [0.3, 0.4) is 0 Å². The van der Waals surface area contributed by atoms with Crippen LogP contribution in [0.1, 0.15) is 40.7 Å². The highest BCUT2D eigenvalue weighted by Crippen LogP contribution is 2.26. The van der Waals surface area contributed by atoms with Gasteiger partial charge in [0.1, 0.15) is 0 Å². The number of hydrogen-bond acceptors (Lipinski definition) is 4. The molecule has 1 saturated heterocycles. The summed E-state index contributed by atoms with van der Waals surface area (Å²) in [7, 11) is 0. The zero-order valence-electron chi connectivity index (χ0n) is 16.9. The van der Waals surface area contributed by atoms with Crippen molar-refractivity contribution in [2.45, 2.75) is 32.2 Å². The van der Waals surface area contributed by atoms with Crippen molar-refractivity contribution in [1.82, 2.24) is 15.8 Å². The van der Waals surface area contributed by atoms with Crippen molar-refractivity contribution in [1.29, 1.82) is 0 Å². The lowest BCUT2D eigenvalue weighted by molar-refractivity contribution is -0.128. The Hall–Kier alpha value is -3.35. The molecule has 0 aliphatic carbocycles. The Balaban J connectivity index is 1.27. The van der Waals surface area contributed by atoms with Gasteiger partial charge in [0.25, 0.3) is 11.8 Å². The van der Waals surface area contributed by atoms with E-state index in [-0.39, 0.29) is 24.3 Å². The van der Waals surface area contributed by atoms with Crippen molar-refractivity contribution < 1.29 is 14.4 Å². The normalized spacial score (nSPS) is 15.7. The van der Waals surface area contributed by atoms with Crippen LogP contribution in [0.4, 0.5) is 5.69 Å². The van der Waals surface area contributed by atoms with Gasteiger partial charge in [-0.1, -0.05) is 30.3 Å². The molecule has 0 bridgehead atoms. The number of fused-ring (bicyclic) bond motifs is 1. The van der Waals surface area contributed by atoms with E-state index < -0.39 is 0 Å². The quantitative estimate of drug-likeness (QED) is 0.745. The van der Waals surface area contributed by atoms with E-state index in [0.29, 0.717) is 18.5 Å². The number of nitrogens with zero attached hydrogens (tertiary/aromatic N) is 2. The van der Waals surface area contributed by atoms with E-state index in [1.807, 2.05) is 40.1 Å². The molecule has 3 amide bonds. The second kappa shape index (κ2) is 8.98. The van der Waals surface area contributed by atoms with Crippen molar-refractivity contribution >= 4 is 23.4 Å². The van der Waals surface area contributed by atoms with Crippen LogP contribution in [-0.2, 0) is 22.6 Å². The Morgan fingerprint density at radius 1 is 0.867 bits per heavy atom. The highest BCUT2D eigenvalue weighted by Gasteiger charge is 2.21. The minimum absolute atomic E-state index is 0.177. The molecule has 0 radical (unpaired) electrons. The fraction of sp³-hybridized carbons (Fsp3) is 0.348. The monoisotopic (exact) mass is 406 g/mol. The molecule has 0 atom stereocenters. The second-order valence-electron chi connectivity index (χ2n) is 7.77. The van der Waals surface area contributed by atoms with Gasteiger partial charge in [-0.3, -0.25) is 25.2 Å². The van der Waals surface area contributed by atoms with E-state index in [1.54, 1.807) is 12.1 Å². The maximum atomic E-state index is 12.3. The molecule has 30 heavy (non-hydrogen) atoms. The summed E-state index contributed by atoms with van der Waals surface area (Å²) in [5.41, 5.74) is 8.75. The van der Waals surface area contributed by atoms with E-state index in [2.05, 4.69) is 16.9 Å². The molecule has 0 spiro atoms. The number of benzene rings is 2. The van der Waals surface area contributed by atoms with Crippen LogP contribution < -0.4 is 15.8 Å². The van der Waals surface area contributed by atoms with Crippen LogP contribution in [0.15, 0.2) is 48.5 Å². The zero-order valence-corrected chi connectivity index (χ0v) is 16.9. The predicted molar refractivity (Wildman–Crippen MR) is 114 cm³/mol. The Labute approximate surface area is 176 Å². The first-order valence-corrected chi connectivity index (χ1v) is 10.4. The van der Waals surface area contributed by atoms with Gasteiger partial charge >= 0.3 is 0 Å². The van der Waals surface area contributed by atoms with Crippen LogP contribution in [0, 0.1) is 0 Å². The summed E-state index contributed by atoms with van der Waals surface area (Å²) in [5.74, 6) is -0.453. The smallest absolute Gasteiger partial charge is 0.269 e. The molecule has 2 heterocycles. The number of amides is 3. The summed E-state index contributed by atoms with van der Waals surface area (Å²) in [6.45, 7) is 2.36. The lowest BCUT2D eigenvalue weighted by Crippen LogP contribution is -2.47. The summed E-state index contributed by atoms with van der Waals surface area (Å²) >= 11 is 0. The van der Waals surface area contributed by atoms with Crippen molar-refractivity contribution in [3.05, 3.63) is 65.2 Å². The zero-order chi connectivity index (χ0) is 20.9. The van der Waals surface area contributed by atoms with Crippen molar-refractivity contribution in [3.63, 3.8) is 0 Å². The van der Waals surface area contributed by atoms with E-state index in [0.717, 1.165) is 43.6 Å². The molecular weight excluding hydrogens is 380 g/mol. The van der Waals surface area contributed by atoms with Crippen molar-refractivity contribution in [2.24, 2.45) is 0 Å². The molecule has 2 N–H and O–H groups in total. The standard InChI is InChI=1S/C23H26N4O3/c28-21(16-26-13-3-6-18-5-1-2-7-20(18)26)24-25-23(30)19-11-9-17(10-12-19)15-27-14-4-8-22(27)29/h1-2,5,7,9-12H,3-4,6,8,13-16H2,(H,24,28)(H,25,30). The molecule has 2 aromatic rings. The van der Waals surface area contributed by atoms with Gasteiger partial charge in [-0.2, -0.15) is 0 Å². The fourth-order valence-electron chi connectivity index (χ4n) is 4.04. The van der Waals surface area contributed by atoms with Gasteiger partial charge in [-0.15, -0.1) is 0 Å². The summed E-state index contributed by atoms with van der Waals surface area (Å²) in [5, 5.41) is 0. The van der Waals surface area contributed by atoms with E-state index in [4.69, 9.17) is 0 Å². The van der Waals surface area contributed by atoms with Crippen molar-refractivity contribution in [3.8, 4) is 0 Å². The second-order valence-corrected chi connectivity index (χ2v) is 7.77. The molecular formula is C23H26N4O3. The molecule has 0 aromatic heterocycles. The Morgan fingerprint density at radius 2 is 1.60 bits per heavy atom. The Morgan fingerprint density at radius 3 is 2.37 bits per heavy atom. The maximum absolute atomic E-state index is 12.3. The van der Waals surface area contributed by atoms with Crippen LogP contribution >= 0.6 is 0 Å². The van der Waals surface area contributed by atoms with E-state index in [1.165, 1.54) is 5.56 Å². The van der Waals surface area contributed by atoms with Gasteiger partial charge in [0.2, 0.25) is 5.91 Å². The number of hydrogen-bond donors (Lipinski definition) is 2. The summed E-state index contributed by atoms with van der Waals surface area (Å²) in [4.78, 5) is 40.3. The first-order chi connectivity index (χ1) is 14.6. The summed E-state index contributed by atoms with van der Waals surface area (Å²) < 4.78 is 0. The van der Waals surface area contributed by atoms with Crippen LogP contribution in [0.2, 0.25) is 0 Å². The molecule has 2 aliphatic rings. The lowest BCUT2D eigenvalue weighted by Gasteiger charge is -2.30. The Kier molecular flexibility index (Phi) is 5.97. The third-order valence-electron chi connectivity index (χ3n) is 5.62. The minimum Gasteiger partial charge on any atom is -0.362 e. The van der Waals surface area contributed by atoms with Gasteiger partial charge in [0.15, 0.2) is 0 Å². The first-order valence-electron chi connectivity index (χ1n) is 10.4. The van der Waals surface area contributed by atoms with Crippen LogP contribution in [0.5, 0.6) is 0 Å². The number of hydrazine groups is 1. The van der Waals surface area contributed by atoms with E-state index >= 15 is 0 Å². The highest BCUT2D eigenvalue weighted by atomic mass is 16.2. The molecule has 0 saturated carbocycles. The van der Waals surface area contributed by atoms with Crippen LogP contribution in [-0.4, -0.2) is 42.3 Å². The average Bonchev–Trinajstić information content (AvgIpc) is 3.17. The SMILES string of the molecule is O=C(CN1CCCc2ccccc21)NNC(=O)c1ccc(CN2CCCC2=O)cc1. The topological polar surface area (TPSA) is 81.8 Å². The lowest BCUT2D eigenvalue weighted by atomic mass is 10.0. The molecule has 1 fully saturated rings. The fourth-order valence-corrected chi connectivity index (χ4v) is 4.04. The first kappa shape index (κ1) is 19.9. The molecule has 4 rings (SSSR count). The third kappa shape index (κ3) is 4.62. The van der Waals surface area contributed by atoms with Gasteiger partial charge < -0.3 is 9.80 Å². The number of likely N-dealkylation sites (tertiary alicyclic amines) is 1. The maximum Gasteiger partial charge on any atom is 0.269 e. The predicted octanol–water partition coefficient (Wildman–Crippen LogP) is 2.02. The molecule has 2 aliphatic heterocycles. The number of rotatable bonds is 5. The van der Waals surface area contributed by atoms with Gasteiger partial charge in [-0.05, 0) is 48.6 Å². The Bertz CT molecular complexity index is 942. The third-order valence-corrected chi connectivity index (χ3v) is 5.62. The molecule has 7 nitrogen and oxygen atoms in total. The van der Waals surface area contributed by atoms with Gasteiger partial charge in [0.05, 0.1) is 6.54 Å². The van der Waals surface area contributed by atoms with Crippen LogP contribution in [0.25, 0.3) is 0 Å². The highest BCUT2D eigenvalue weighted by molar-refractivity contribution is 5.95. The number of nitrogens with one attached hydrogen (secondary N) is 2. The average molecular weight is 406 g/mol. The number of aryl methyl sites for hydroxylation is 1. The number of carbonyl (C=O) groups is 3. The number of anilines is 1. The number of carbonyl (C=O) groups excluding carboxylic acids is 3. The minimum atomic E-state index is -0.369. The van der Waals surface area contributed by atoms with E-state index in [9.17, 15) is 14.4 Å². The summed E-state index contributed by atoms with van der Waals surface area (Å²) in [6.07, 6.45) is 3.55. The molecule has 2 aromatic carbocycles. The number of para-hydroxylation sites is 1. The van der Waals surface area contributed by atoms with Gasteiger partial charge in [0, 0.05) is 37.3 Å².